The Hall–Kier alpha value is -1.76. The van der Waals surface area contributed by atoms with Crippen LogP contribution in [0.25, 0.3) is 0 Å². The van der Waals surface area contributed by atoms with Gasteiger partial charge in [0.05, 0.1) is 0 Å². The first kappa shape index (κ1) is 17.1. The Balaban J connectivity index is 2.50. The normalized spacial score (nSPS) is 14.3. The van der Waals surface area contributed by atoms with Crippen LogP contribution < -0.4 is 15.9 Å². The third-order valence-electron chi connectivity index (χ3n) is 4.74. The Morgan fingerprint density at radius 2 is 1.00 bits per heavy atom. The fourth-order valence-electron chi connectivity index (χ4n) is 3.43. The molecule has 0 heterocycles. The van der Waals surface area contributed by atoms with E-state index in [9.17, 15) is 4.79 Å². The zero-order chi connectivity index (χ0) is 17.1. The van der Waals surface area contributed by atoms with Gasteiger partial charge in [-0.15, -0.1) is 0 Å². The number of hydrogen-bond donors (Lipinski definition) is 0. The number of aldehydes is 1. The minimum atomic E-state index is -3.09. The van der Waals surface area contributed by atoms with Gasteiger partial charge in [-0.3, -0.25) is 0 Å². The molecule has 0 aliphatic heterocycles. The number of carbonyl (C=O) groups excluding carboxylic acids is 1. The molecule has 3 aromatic rings. The van der Waals surface area contributed by atoms with Crippen molar-refractivity contribution in [1.29, 1.82) is 0 Å². The first-order valence-corrected chi connectivity index (χ1v) is 12.3. The molecule has 0 N–H and O–H groups in total. The SMILES string of the molecule is CC(C=O)P(Br)(c1ccccc1)(c1ccccc1)c1ccccc1. The monoisotopic (exact) mass is 398 g/mol. The molecule has 0 aliphatic carbocycles. The zero-order valence-electron chi connectivity index (χ0n) is 13.5. The Labute approximate surface area is 151 Å². The van der Waals surface area contributed by atoms with Crippen molar-refractivity contribution in [3.05, 3.63) is 91.0 Å². The van der Waals surface area contributed by atoms with Gasteiger partial charge in [0.25, 0.3) is 0 Å². The summed E-state index contributed by atoms with van der Waals surface area (Å²) in [6, 6.07) is 31.1. The summed E-state index contributed by atoms with van der Waals surface area (Å²) in [6.45, 7) is 2.02. The van der Waals surface area contributed by atoms with E-state index in [2.05, 4.69) is 51.9 Å². The van der Waals surface area contributed by atoms with Crippen LogP contribution in [0.5, 0.6) is 0 Å². The molecule has 0 fully saturated rings. The molecular formula is C21H20BrOP. The maximum atomic E-state index is 12.1. The van der Waals surface area contributed by atoms with Crippen LogP contribution in [0.3, 0.4) is 0 Å². The predicted molar refractivity (Wildman–Crippen MR) is 110 cm³/mol. The quantitative estimate of drug-likeness (QED) is 0.459. The van der Waals surface area contributed by atoms with Gasteiger partial charge in [-0.25, -0.2) is 0 Å². The zero-order valence-corrected chi connectivity index (χ0v) is 16.0. The number of hydrogen-bond acceptors (Lipinski definition) is 1. The molecule has 0 aromatic heterocycles. The Bertz CT molecular complexity index is 719. The van der Waals surface area contributed by atoms with Crippen LogP contribution in [-0.4, -0.2) is 11.9 Å². The number of rotatable bonds is 5. The second-order valence-corrected chi connectivity index (χ2v) is 14.9. The van der Waals surface area contributed by atoms with Gasteiger partial charge in [-0.2, -0.15) is 0 Å². The summed E-state index contributed by atoms with van der Waals surface area (Å²) in [5.41, 5.74) is -0.191. The first-order valence-electron chi connectivity index (χ1n) is 7.98. The van der Waals surface area contributed by atoms with Crippen LogP contribution in [0.15, 0.2) is 91.0 Å². The Morgan fingerprint density at radius 1 is 0.708 bits per heavy atom. The first-order chi connectivity index (χ1) is 11.6. The molecule has 3 rings (SSSR count). The second kappa shape index (κ2) is 6.63. The van der Waals surface area contributed by atoms with Gasteiger partial charge in [-0.1, -0.05) is 0 Å². The van der Waals surface area contributed by atoms with Crippen molar-refractivity contribution in [1.82, 2.24) is 0 Å². The fraction of sp³-hybridized carbons (Fsp3) is 0.0952. The van der Waals surface area contributed by atoms with Crippen LogP contribution in [0, 0.1) is 0 Å². The number of benzene rings is 3. The molecule has 3 aromatic carbocycles. The van der Waals surface area contributed by atoms with Gasteiger partial charge in [-0.05, 0) is 0 Å². The number of carbonyl (C=O) groups is 1. The number of halogens is 1. The molecule has 24 heavy (non-hydrogen) atoms. The summed E-state index contributed by atoms with van der Waals surface area (Å²) in [5.74, 6) is 0. The summed E-state index contributed by atoms with van der Waals surface area (Å²) < 4.78 is 0. The summed E-state index contributed by atoms with van der Waals surface area (Å²) in [6.07, 6.45) is 1.08. The van der Waals surface area contributed by atoms with E-state index in [1.165, 1.54) is 15.9 Å². The maximum absolute atomic E-state index is 12.1. The van der Waals surface area contributed by atoms with Gasteiger partial charge in [0.1, 0.15) is 0 Å². The molecule has 0 saturated carbocycles. The molecular weight excluding hydrogens is 379 g/mol. The van der Waals surface area contributed by atoms with E-state index in [1.54, 1.807) is 0 Å². The molecule has 0 saturated heterocycles. The van der Waals surface area contributed by atoms with E-state index in [1.807, 2.05) is 61.5 Å². The molecule has 0 aliphatic rings. The summed E-state index contributed by atoms with van der Waals surface area (Å²) in [4.78, 5) is 12.1. The molecule has 122 valence electrons. The van der Waals surface area contributed by atoms with Gasteiger partial charge in [0, 0.05) is 0 Å². The topological polar surface area (TPSA) is 17.1 Å². The van der Waals surface area contributed by atoms with E-state index in [0.29, 0.717) is 0 Å². The van der Waals surface area contributed by atoms with Gasteiger partial charge < -0.3 is 0 Å². The van der Waals surface area contributed by atoms with Crippen molar-refractivity contribution < 1.29 is 4.79 Å². The van der Waals surface area contributed by atoms with E-state index in [0.717, 1.165) is 6.29 Å². The standard InChI is InChI=1S/C21H20BrOP/c1-18(17-23)24(22,19-11-5-2-6-12-19,20-13-7-3-8-14-20)21-15-9-4-10-16-21/h2-18H,1H3. The van der Waals surface area contributed by atoms with Crippen LogP contribution >= 0.6 is 20.8 Å². The van der Waals surface area contributed by atoms with Gasteiger partial charge >= 0.3 is 151 Å². The van der Waals surface area contributed by atoms with Gasteiger partial charge in [0.15, 0.2) is 0 Å². The predicted octanol–water partition coefficient (Wildman–Crippen LogP) is 4.41. The van der Waals surface area contributed by atoms with E-state index < -0.39 is 5.31 Å². The summed E-state index contributed by atoms with van der Waals surface area (Å²) in [7, 11) is 0. The molecule has 0 spiro atoms. The fourth-order valence-corrected chi connectivity index (χ4v) is 10.6. The third kappa shape index (κ3) is 2.37. The van der Waals surface area contributed by atoms with Gasteiger partial charge in [0.2, 0.25) is 0 Å². The van der Waals surface area contributed by atoms with Crippen LogP contribution in [-0.2, 0) is 4.79 Å². The van der Waals surface area contributed by atoms with Crippen LogP contribution in [0.4, 0.5) is 0 Å². The van der Waals surface area contributed by atoms with Crippen molar-refractivity contribution in [2.24, 2.45) is 0 Å². The second-order valence-electron chi connectivity index (χ2n) is 5.96. The van der Waals surface area contributed by atoms with Crippen molar-refractivity contribution in [3.8, 4) is 0 Å². The molecule has 1 nitrogen and oxygen atoms in total. The molecule has 0 radical (unpaired) electrons. The summed E-state index contributed by atoms with van der Waals surface area (Å²) >= 11 is 4.24. The van der Waals surface area contributed by atoms with E-state index in [-0.39, 0.29) is 5.66 Å². The van der Waals surface area contributed by atoms with Crippen molar-refractivity contribution in [2.45, 2.75) is 12.6 Å². The third-order valence-corrected chi connectivity index (χ3v) is 15.9. The molecule has 1 unspecified atom stereocenters. The molecule has 0 amide bonds. The molecule has 3 heteroatoms. The molecule has 1 atom stereocenters. The van der Waals surface area contributed by atoms with Crippen molar-refractivity contribution >= 4 is 43.0 Å². The minimum absolute atomic E-state index is 0.191. The van der Waals surface area contributed by atoms with Crippen molar-refractivity contribution in [3.63, 3.8) is 0 Å². The Kier molecular flexibility index (Phi) is 4.71. The van der Waals surface area contributed by atoms with E-state index >= 15 is 0 Å². The van der Waals surface area contributed by atoms with Crippen LogP contribution in [0.2, 0.25) is 0 Å². The average molecular weight is 399 g/mol. The van der Waals surface area contributed by atoms with Crippen LogP contribution in [0.1, 0.15) is 6.92 Å². The van der Waals surface area contributed by atoms with Crippen molar-refractivity contribution in [2.75, 3.05) is 0 Å². The molecule has 0 bridgehead atoms. The van der Waals surface area contributed by atoms with E-state index in [4.69, 9.17) is 0 Å². The Morgan fingerprint density at radius 3 is 1.25 bits per heavy atom. The summed E-state index contributed by atoms with van der Waals surface area (Å²) in [5, 5.41) is 0.407. The average Bonchev–Trinajstić information content (AvgIpc) is 2.69.